The van der Waals surface area contributed by atoms with Crippen LogP contribution < -0.4 is 0 Å². The van der Waals surface area contributed by atoms with Crippen molar-refractivity contribution in [1.82, 2.24) is 9.97 Å². The summed E-state index contributed by atoms with van der Waals surface area (Å²) in [7, 11) is 0. The van der Waals surface area contributed by atoms with E-state index in [1.165, 1.54) is 11.3 Å². The topological polar surface area (TPSA) is 25.8 Å². The monoisotopic (exact) mass is 192 g/mol. The van der Waals surface area contributed by atoms with Crippen molar-refractivity contribution in [3.8, 4) is 0 Å². The van der Waals surface area contributed by atoms with E-state index in [0.29, 0.717) is 0 Å². The largest absolute Gasteiger partial charge is 0.243 e. The molecule has 68 valence electrons. The van der Waals surface area contributed by atoms with E-state index in [4.69, 9.17) is 0 Å². The molecular formula is C10H12N2S. The van der Waals surface area contributed by atoms with E-state index in [9.17, 15) is 0 Å². The molecule has 0 aliphatic carbocycles. The second-order valence-electron chi connectivity index (χ2n) is 2.98. The van der Waals surface area contributed by atoms with Gasteiger partial charge in [0.2, 0.25) is 0 Å². The number of nitrogens with zero attached hydrogens (tertiary/aromatic N) is 2. The van der Waals surface area contributed by atoms with Crippen LogP contribution in [0.25, 0.3) is 10.3 Å². The summed E-state index contributed by atoms with van der Waals surface area (Å²) in [5.74, 6) is 0. The summed E-state index contributed by atoms with van der Waals surface area (Å²) in [5.41, 5.74) is 5.45. The molecule has 0 aromatic carbocycles. The molecule has 0 spiro atoms. The van der Waals surface area contributed by atoms with Gasteiger partial charge in [-0.05, 0) is 24.5 Å². The number of thiazole rings is 1. The molecule has 0 unspecified atom stereocenters. The van der Waals surface area contributed by atoms with Gasteiger partial charge in [0.1, 0.15) is 10.3 Å². The third kappa shape index (κ3) is 1.44. The summed E-state index contributed by atoms with van der Waals surface area (Å²) in [6.45, 7) is 4.31. The van der Waals surface area contributed by atoms with Crippen molar-refractivity contribution in [2.45, 2.75) is 26.7 Å². The van der Waals surface area contributed by atoms with E-state index in [2.05, 4.69) is 29.9 Å². The maximum Gasteiger partial charge on any atom is 0.143 e. The summed E-state index contributed by atoms with van der Waals surface area (Å²) < 4.78 is 0. The van der Waals surface area contributed by atoms with Crippen LogP contribution in [0.5, 0.6) is 0 Å². The van der Waals surface area contributed by atoms with Crippen LogP contribution in [-0.2, 0) is 12.8 Å². The molecule has 3 heteroatoms. The third-order valence-electron chi connectivity index (χ3n) is 2.21. The Hall–Kier alpha value is -0.960. The zero-order valence-corrected chi connectivity index (χ0v) is 8.69. The molecule has 13 heavy (non-hydrogen) atoms. The lowest BCUT2D eigenvalue weighted by molar-refractivity contribution is 0.983. The van der Waals surface area contributed by atoms with Gasteiger partial charge in [-0.1, -0.05) is 13.8 Å². The van der Waals surface area contributed by atoms with Crippen LogP contribution in [0.1, 0.15) is 25.1 Å². The zero-order chi connectivity index (χ0) is 9.26. The molecule has 0 bridgehead atoms. The van der Waals surface area contributed by atoms with Crippen molar-refractivity contribution in [1.29, 1.82) is 0 Å². The van der Waals surface area contributed by atoms with E-state index < -0.39 is 0 Å². The standard InChI is InChI=1S/C10H12N2S/c1-3-7-5-9-10(13-6-11-9)12-8(7)4-2/h5-6H,3-4H2,1-2H3. The van der Waals surface area contributed by atoms with Crippen LogP contribution in [0.15, 0.2) is 11.6 Å². The number of pyridine rings is 1. The predicted molar refractivity (Wildman–Crippen MR) is 56.2 cm³/mol. The van der Waals surface area contributed by atoms with Crippen LogP contribution in [0.3, 0.4) is 0 Å². The smallest absolute Gasteiger partial charge is 0.143 e. The molecule has 2 aromatic heterocycles. The second kappa shape index (κ2) is 3.42. The van der Waals surface area contributed by atoms with Crippen LogP contribution in [-0.4, -0.2) is 9.97 Å². The first-order chi connectivity index (χ1) is 6.35. The fraction of sp³-hybridized carbons (Fsp3) is 0.400. The van der Waals surface area contributed by atoms with E-state index >= 15 is 0 Å². The lowest BCUT2D eigenvalue weighted by atomic mass is 10.1. The van der Waals surface area contributed by atoms with Gasteiger partial charge in [-0.2, -0.15) is 0 Å². The zero-order valence-electron chi connectivity index (χ0n) is 7.87. The van der Waals surface area contributed by atoms with Crippen LogP contribution in [0, 0.1) is 0 Å². The van der Waals surface area contributed by atoms with Gasteiger partial charge in [0, 0.05) is 5.69 Å². The highest BCUT2D eigenvalue weighted by Crippen LogP contribution is 2.19. The Balaban J connectivity index is 2.67. The normalized spacial score (nSPS) is 10.9. The van der Waals surface area contributed by atoms with Crippen LogP contribution in [0.2, 0.25) is 0 Å². The predicted octanol–water partition coefficient (Wildman–Crippen LogP) is 2.82. The minimum Gasteiger partial charge on any atom is -0.243 e. The molecule has 2 heterocycles. The van der Waals surface area contributed by atoms with Gasteiger partial charge in [-0.25, -0.2) is 9.97 Å². The average Bonchev–Trinajstić information content (AvgIpc) is 2.62. The summed E-state index contributed by atoms with van der Waals surface area (Å²) >= 11 is 1.61. The molecule has 0 aliphatic rings. The van der Waals surface area contributed by atoms with Crippen molar-refractivity contribution in [3.63, 3.8) is 0 Å². The quantitative estimate of drug-likeness (QED) is 0.731. The van der Waals surface area contributed by atoms with E-state index in [0.717, 1.165) is 23.2 Å². The minimum atomic E-state index is 1.01. The van der Waals surface area contributed by atoms with Gasteiger partial charge in [-0.15, -0.1) is 11.3 Å². The number of fused-ring (bicyclic) bond motifs is 1. The Kier molecular flexibility index (Phi) is 2.27. The lowest BCUT2D eigenvalue weighted by Gasteiger charge is -2.03. The summed E-state index contributed by atoms with van der Waals surface area (Å²) in [4.78, 5) is 9.90. The van der Waals surface area contributed by atoms with Gasteiger partial charge < -0.3 is 0 Å². The molecule has 0 saturated carbocycles. The van der Waals surface area contributed by atoms with Gasteiger partial charge in [0.25, 0.3) is 0 Å². The molecule has 2 nitrogen and oxygen atoms in total. The molecule has 0 N–H and O–H groups in total. The highest BCUT2D eigenvalue weighted by molar-refractivity contribution is 7.16. The van der Waals surface area contributed by atoms with Crippen molar-refractivity contribution in [2.24, 2.45) is 0 Å². The van der Waals surface area contributed by atoms with Gasteiger partial charge in [-0.3, -0.25) is 0 Å². The molecule has 0 fully saturated rings. The molecule has 2 rings (SSSR count). The third-order valence-corrected chi connectivity index (χ3v) is 2.94. The van der Waals surface area contributed by atoms with E-state index in [-0.39, 0.29) is 0 Å². The van der Waals surface area contributed by atoms with Crippen molar-refractivity contribution < 1.29 is 0 Å². The van der Waals surface area contributed by atoms with E-state index in [1.54, 1.807) is 11.3 Å². The Labute approximate surface area is 81.7 Å². The Bertz CT molecular complexity index is 382. The molecule has 2 aromatic rings. The Morgan fingerprint density at radius 1 is 1.31 bits per heavy atom. The lowest BCUT2D eigenvalue weighted by Crippen LogP contribution is -1.94. The molecular weight excluding hydrogens is 180 g/mol. The average molecular weight is 192 g/mol. The van der Waals surface area contributed by atoms with Crippen molar-refractivity contribution in [3.05, 3.63) is 22.8 Å². The number of rotatable bonds is 2. The molecule has 0 radical (unpaired) electrons. The number of hydrogen-bond acceptors (Lipinski definition) is 3. The molecule has 0 saturated heterocycles. The Morgan fingerprint density at radius 3 is 2.85 bits per heavy atom. The SMILES string of the molecule is CCc1cc2ncsc2nc1CC. The highest BCUT2D eigenvalue weighted by atomic mass is 32.1. The van der Waals surface area contributed by atoms with Gasteiger partial charge >= 0.3 is 0 Å². The minimum absolute atomic E-state index is 1.01. The van der Waals surface area contributed by atoms with Crippen LogP contribution in [0.4, 0.5) is 0 Å². The first-order valence-electron chi connectivity index (χ1n) is 4.57. The summed E-state index contributed by atoms with van der Waals surface area (Å²) in [6.07, 6.45) is 2.06. The molecule has 0 aliphatic heterocycles. The highest BCUT2D eigenvalue weighted by Gasteiger charge is 2.04. The summed E-state index contributed by atoms with van der Waals surface area (Å²) in [5, 5.41) is 0. The maximum atomic E-state index is 4.58. The molecule has 0 amide bonds. The first-order valence-corrected chi connectivity index (χ1v) is 5.45. The molecule has 0 atom stereocenters. The van der Waals surface area contributed by atoms with Gasteiger partial charge in [0.05, 0.1) is 5.51 Å². The van der Waals surface area contributed by atoms with Crippen molar-refractivity contribution in [2.75, 3.05) is 0 Å². The van der Waals surface area contributed by atoms with Gasteiger partial charge in [0.15, 0.2) is 0 Å². The number of aromatic nitrogens is 2. The summed E-state index contributed by atoms with van der Waals surface area (Å²) in [6, 6.07) is 2.16. The fourth-order valence-corrected chi connectivity index (χ4v) is 2.15. The number of hydrogen-bond donors (Lipinski definition) is 0. The van der Waals surface area contributed by atoms with Crippen LogP contribution >= 0.6 is 11.3 Å². The number of aryl methyl sites for hydroxylation is 2. The first kappa shape index (κ1) is 8.63. The second-order valence-corrected chi connectivity index (χ2v) is 3.81. The maximum absolute atomic E-state index is 4.58. The van der Waals surface area contributed by atoms with Crippen molar-refractivity contribution >= 4 is 21.7 Å². The van der Waals surface area contributed by atoms with E-state index in [1.807, 2.05) is 5.51 Å². The fourth-order valence-electron chi connectivity index (χ4n) is 1.49. The Morgan fingerprint density at radius 2 is 2.15 bits per heavy atom.